The number of rotatable bonds is 3. The number of hydrogen-bond acceptors (Lipinski definition) is 6. The third kappa shape index (κ3) is 3.03. The van der Waals surface area contributed by atoms with E-state index in [4.69, 9.17) is 16.3 Å². The lowest BCUT2D eigenvalue weighted by Gasteiger charge is -2.12. The fraction of sp³-hybridized carbons (Fsp3) is 0.105. The third-order valence-electron chi connectivity index (χ3n) is 4.25. The molecule has 9 heteroatoms. The van der Waals surface area contributed by atoms with Crippen LogP contribution in [0.15, 0.2) is 59.9 Å². The Morgan fingerprint density at radius 1 is 1.25 bits per heavy atom. The Bertz CT molecular complexity index is 1140. The van der Waals surface area contributed by atoms with Gasteiger partial charge < -0.3 is 4.74 Å². The SMILES string of the molecule is CC(=O)OC1N=C(c2ccccc2Cl)c2cc([N+](=O)[O-])ccc2-n2ccnc21. The second-order valence-electron chi connectivity index (χ2n) is 6.03. The quantitative estimate of drug-likeness (QED) is 0.380. The van der Waals surface area contributed by atoms with Gasteiger partial charge in [0.25, 0.3) is 11.9 Å². The van der Waals surface area contributed by atoms with Gasteiger partial charge >= 0.3 is 5.97 Å². The Morgan fingerprint density at radius 2 is 2.04 bits per heavy atom. The lowest BCUT2D eigenvalue weighted by Crippen LogP contribution is -2.11. The molecule has 0 bridgehead atoms. The van der Waals surface area contributed by atoms with Gasteiger partial charge in [-0.3, -0.25) is 19.5 Å². The molecule has 1 aliphatic rings. The number of nitrogens with zero attached hydrogens (tertiary/aromatic N) is 4. The highest BCUT2D eigenvalue weighted by Crippen LogP contribution is 2.34. The van der Waals surface area contributed by atoms with E-state index in [-0.39, 0.29) is 5.69 Å². The number of ether oxygens (including phenoxy) is 1. The molecule has 140 valence electrons. The maximum absolute atomic E-state index is 11.6. The van der Waals surface area contributed by atoms with Crippen molar-refractivity contribution < 1.29 is 14.5 Å². The van der Waals surface area contributed by atoms with E-state index >= 15 is 0 Å². The van der Waals surface area contributed by atoms with Crippen LogP contribution < -0.4 is 0 Å². The molecule has 2 aromatic carbocycles. The zero-order chi connectivity index (χ0) is 19.8. The van der Waals surface area contributed by atoms with Crippen LogP contribution in [0.4, 0.5) is 5.69 Å². The number of esters is 1. The fourth-order valence-electron chi connectivity index (χ4n) is 3.09. The molecule has 0 saturated heterocycles. The molecule has 1 unspecified atom stereocenters. The van der Waals surface area contributed by atoms with Gasteiger partial charge in [-0.15, -0.1) is 0 Å². The zero-order valence-corrected chi connectivity index (χ0v) is 15.3. The van der Waals surface area contributed by atoms with Crippen molar-refractivity contribution >= 4 is 29.0 Å². The first kappa shape index (κ1) is 17.9. The van der Waals surface area contributed by atoms with Gasteiger partial charge in [-0.25, -0.2) is 9.98 Å². The standard InChI is InChI=1S/C19H13ClN4O4/c1-11(25)28-19-18-21-8-9-23(18)16-7-6-12(24(26)27)10-14(16)17(22-19)13-4-2-3-5-15(13)20/h2-10,19H,1H3. The largest absolute Gasteiger partial charge is 0.432 e. The van der Waals surface area contributed by atoms with Crippen molar-refractivity contribution in [2.75, 3.05) is 0 Å². The van der Waals surface area contributed by atoms with Crippen molar-refractivity contribution in [3.8, 4) is 5.69 Å². The van der Waals surface area contributed by atoms with Crippen molar-refractivity contribution in [3.63, 3.8) is 0 Å². The normalized spacial score (nSPS) is 15.1. The summed E-state index contributed by atoms with van der Waals surface area (Å²) in [6.45, 7) is 1.28. The molecule has 1 aliphatic heterocycles. The van der Waals surface area contributed by atoms with Crippen molar-refractivity contribution in [3.05, 3.63) is 86.9 Å². The molecule has 1 aromatic heterocycles. The van der Waals surface area contributed by atoms with Crippen molar-refractivity contribution in [2.24, 2.45) is 4.99 Å². The van der Waals surface area contributed by atoms with E-state index in [0.29, 0.717) is 33.4 Å². The van der Waals surface area contributed by atoms with Crippen molar-refractivity contribution in [1.29, 1.82) is 0 Å². The summed E-state index contributed by atoms with van der Waals surface area (Å²) >= 11 is 6.37. The summed E-state index contributed by atoms with van der Waals surface area (Å²) in [5.74, 6) is -0.147. The van der Waals surface area contributed by atoms with E-state index in [1.807, 2.05) is 0 Å². The molecular weight excluding hydrogens is 384 g/mol. The number of carbonyl (C=O) groups is 1. The van der Waals surface area contributed by atoms with Crippen molar-refractivity contribution in [2.45, 2.75) is 13.2 Å². The molecule has 0 saturated carbocycles. The van der Waals surface area contributed by atoms with Crippen LogP contribution in [0.1, 0.15) is 30.1 Å². The predicted molar refractivity (Wildman–Crippen MR) is 102 cm³/mol. The number of halogens is 1. The summed E-state index contributed by atoms with van der Waals surface area (Å²) < 4.78 is 7.06. The first-order chi connectivity index (χ1) is 13.5. The van der Waals surface area contributed by atoms with E-state index in [1.165, 1.54) is 19.1 Å². The Labute approximate surface area is 164 Å². The summed E-state index contributed by atoms with van der Waals surface area (Å²) in [4.78, 5) is 31.4. The average Bonchev–Trinajstić information content (AvgIpc) is 3.10. The fourth-order valence-corrected chi connectivity index (χ4v) is 3.31. The van der Waals surface area contributed by atoms with Crippen molar-refractivity contribution in [1.82, 2.24) is 9.55 Å². The minimum atomic E-state index is -1.02. The lowest BCUT2D eigenvalue weighted by molar-refractivity contribution is -0.384. The summed E-state index contributed by atoms with van der Waals surface area (Å²) in [6.07, 6.45) is 2.21. The highest BCUT2D eigenvalue weighted by Gasteiger charge is 2.29. The van der Waals surface area contributed by atoms with Crippen LogP contribution in [-0.2, 0) is 9.53 Å². The summed E-state index contributed by atoms with van der Waals surface area (Å²) in [5.41, 5.74) is 1.95. The number of non-ortho nitro benzene ring substituents is 1. The molecule has 0 aliphatic carbocycles. The molecule has 2 heterocycles. The van der Waals surface area contributed by atoms with E-state index in [9.17, 15) is 14.9 Å². The summed E-state index contributed by atoms with van der Waals surface area (Å²) in [6, 6.07) is 11.4. The second kappa shape index (κ2) is 6.90. The second-order valence-corrected chi connectivity index (χ2v) is 6.44. The lowest BCUT2D eigenvalue weighted by atomic mass is 9.99. The number of aliphatic imine (C=N–C) groups is 1. The first-order valence-electron chi connectivity index (χ1n) is 8.28. The van der Waals surface area contributed by atoms with Crippen LogP contribution in [0, 0.1) is 10.1 Å². The topological polar surface area (TPSA) is 99.6 Å². The number of benzene rings is 2. The molecule has 0 N–H and O–H groups in total. The Morgan fingerprint density at radius 3 is 2.75 bits per heavy atom. The monoisotopic (exact) mass is 396 g/mol. The molecule has 3 aromatic rings. The minimum absolute atomic E-state index is 0.0916. The maximum atomic E-state index is 11.6. The molecule has 0 amide bonds. The summed E-state index contributed by atoms with van der Waals surface area (Å²) in [7, 11) is 0. The van der Waals surface area contributed by atoms with Gasteiger partial charge in [-0.05, 0) is 12.1 Å². The van der Waals surface area contributed by atoms with Gasteiger partial charge in [-0.1, -0.05) is 29.8 Å². The molecule has 0 spiro atoms. The molecule has 8 nitrogen and oxygen atoms in total. The number of fused-ring (bicyclic) bond motifs is 3. The average molecular weight is 397 g/mol. The van der Waals surface area contributed by atoms with E-state index in [0.717, 1.165) is 0 Å². The Kier molecular flexibility index (Phi) is 4.40. The van der Waals surface area contributed by atoms with Crippen LogP contribution >= 0.6 is 11.6 Å². The first-order valence-corrected chi connectivity index (χ1v) is 8.66. The van der Waals surface area contributed by atoms with Crippen LogP contribution in [0.3, 0.4) is 0 Å². The van der Waals surface area contributed by atoms with Gasteiger partial charge in [0.15, 0.2) is 5.82 Å². The number of hydrogen-bond donors (Lipinski definition) is 0. The molecule has 1 atom stereocenters. The van der Waals surface area contributed by atoms with Crippen LogP contribution in [-0.4, -0.2) is 26.2 Å². The van der Waals surface area contributed by atoms with Crippen LogP contribution in [0.5, 0.6) is 0 Å². The minimum Gasteiger partial charge on any atom is -0.432 e. The maximum Gasteiger partial charge on any atom is 0.304 e. The number of nitro groups is 1. The van der Waals surface area contributed by atoms with Gasteiger partial charge in [-0.2, -0.15) is 0 Å². The van der Waals surface area contributed by atoms with Gasteiger partial charge in [0.1, 0.15) is 0 Å². The van der Waals surface area contributed by atoms with E-state index in [1.54, 1.807) is 47.3 Å². The zero-order valence-electron chi connectivity index (χ0n) is 14.6. The third-order valence-corrected chi connectivity index (χ3v) is 4.58. The molecule has 28 heavy (non-hydrogen) atoms. The predicted octanol–water partition coefficient (Wildman–Crippen LogP) is 3.85. The molecule has 0 fully saturated rings. The number of carbonyl (C=O) groups excluding carboxylic acids is 1. The van der Waals surface area contributed by atoms with Gasteiger partial charge in [0.2, 0.25) is 0 Å². The van der Waals surface area contributed by atoms with E-state index < -0.39 is 17.1 Å². The smallest absolute Gasteiger partial charge is 0.304 e. The number of nitro benzene ring substituents is 1. The highest BCUT2D eigenvalue weighted by molar-refractivity contribution is 6.35. The Balaban J connectivity index is 2.04. The van der Waals surface area contributed by atoms with Crippen LogP contribution in [0.2, 0.25) is 5.02 Å². The number of imidazole rings is 1. The van der Waals surface area contributed by atoms with Crippen LogP contribution in [0.25, 0.3) is 5.69 Å². The van der Waals surface area contributed by atoms with E-state index in [2.05, 4.69) is 9.98 Å². The number of aromatic nitrogens is 2. The highest BCUT2D eigenvalue weighted by atomic mass is 35.5. The molecule has 4 rings (SSSR count). The van der Waals surface area contributed by atoms with Gasteiger partial charge in [0, 0.05) is 47.6 Å². The summed E-state index contributed by atoms with van der Waals surface area (Å²) in [5, 5.41) is 11.8. The molecule has 0 radical (unpaired) electrons. The Hall–Kier alpha value is -3.52. The van der Waals surface area contributed by atoms with Gasteiger partial charge in [0.05, 0.1) is 16.3 Å². The molecular formula is C19H13ClN4O4.